The van der Waals surface area contributed by atoms with Gasteiger partial charge in [-0.2, -0.15) is 0 Å². The molecule has 1 aliphatic rings. The molecule has 0 saturated heterocycles. The van der Waals surface area contributed by atoms with E-state index in [1.54, 1.807) is 7.11 Å². The smallest absolute Gasteiger partial charge is 0.122 e. The zero-order chi connectivity index (χ0) is 14.2. The molecule has 1 N–H and O–H groups in total. The van der Waals surface area contributed by atoms with E-state index in [0.717, 1.165) is 38.3 Å². The molecule has 0 radical (unpaired) electrons. The summed E-state index contributed by atoms with van der Waals surface area (Å²) in [4.78, 5) is 0. The number of benzene rings is 1. The molecular weight excluding hydrogens is 250 g/mol. The Balaban J connectivity index is 1.99. The first-order valence-corrected chi connectivity index (χ1v) is 7.79. The van der Waals surface area contributed by atoms with E-state index >= 15 is 0 Å². The minimum absolute atomic E-state index is 0.533. The number of hydrogen-bond donors (Lipinski definition) is 1. The van der Waals surface area contributed by atoms with Gasteiger partial charge in [-0.15, -0.1) is 0 Å². The summed E-state index contributed by atoms with van der Waals surface area (Å²) in [6, 6.07) is 9.01. The fourth-order valence-electron chi connectivity index (χ4n) is 2.92. The molecule has 2 atom stereocenters. The van der Waals surface area contributed by atoms with Crippen molar-refractivity contribution in [1.29, 1.82) is 0 Å². The van der Waals surface area contributed by atoms with E-state index in [0.29, 0.717) is 12.0 Å². The van der Waals surface area contributed by atoms with E-state index in [-0.39, 0.29) is 0 Å². The minimum atomic E-state index is 0.533. The summed E-state index contributed by atoms with van der Waals surface area (Å²) in [6.45, 7) is 4.96. The van der Waals surface area contributed by atoms with E-state index in [2.05, 4.69) is 36.5 Å². The van der Waals surface area contributed by atoms with Crippen molar-refractivity contribution >= 4 is 0 Å². The lowest BCUT2D eigenvalue weighted by Crippen LogP contribution is -2.33. The fraction of sp³-hybridized carbons (Fsp3) is 0.647. The highest BCUT2D eigenvalue weighted by molar-refractivity contribution is 5.37. The van der Waals surface area contributed by atoms with E-state index < -0.39 is 0 Å². The van der Waals surface area contributed by atoms with Crippen molar-refractivity contribution in [1.82, 2.24) is 5.32 Å². The summed E-state index contributed by atoms with van der Waals surface area (Å²) in [5.41, 5.74) is 1.37. The summed E-state index contributed by atoms with van der Waals surface area (Å²) >= 11 is 0. The molecule has 1 heterocycles. The van der Waals surface area contributed by atoms with Crippen molar-refractivity contribution in [2.45, 2.75) is 44.6 Å². The van der Waals surface area contributed by atoms with Gasteiger partial charge >= 0.3 is 0 Å². The molecule has 0 bridgehead atoms. The van der Waals surface area contributed by atoms with Gasteiger partial charge in [-0.1, -0.05) is 25.1 Å². The predicted molar refractivity (Wildman–Crippen MR) is 82.5 cm³/mol. The lowest BCUT2D eigenvalue weighted by atomic mass is 9.86. The van der Waals surface area contributed by atoms with Gasteiger partial charge in [0.05, 0.1) is 6.61 Å². The summed E-state index contributed by atoms with van der Waals surface area (Å²) in [5.74, 6) is 1.68. The van der Waals surface area contributed by atoms with Gasteiger partial charge in [0, 0.05) is 19.8 Å². The lowest BCUT2D eigenvalue weighted by molar-refractivity contribution is 0.176. The molecule has 1 aliphatic heterocycles. The largest absolute Gasteiger partial charge is 0.493 e. The molecule has 0 fully saturated rings. The number of para-hydroxylation sites is 1. The van der Waals surface area contributed by atoms with Crippen LogP contribution in [0.2, 0.25) is 0 Å². The van der Waals surface area contributed by atoms with Crippen LogP contribution in [0, 0.1) is 0 Å². The van der Waals surface area contributed by atoms with Crippen LogP contribution in [0.25, 0.3) is 0 Å². The van der Waals surface area contributed by atoms with Gasteiger partial charge in [0.25, 0.3) is 0 Å². The summed E-state index contributed by atoms with van der Waals surface area (Å²) in [7, 11) is 1.78. The van der Waals surface area contributed by atoms with Gasteiger partial charge in [0.2, 0.25) is 0 Å². The van der Waals surface area contributed by atoms with Crippen molar-refractivity contribution in [3.8, 4) is 5.75 Å². The van der Waals surface area contributed by atoms with Crippen LogP contribution in [0.5, 0.6) is 5.75 Å². The Kier molecular flexibility index (Phi) is 6.34. The molecule has 0 spiro atoms. The third kappa shape index (κ3) is 4.22. The molecule has 1 aromatic carbocycles. The van der Waals surface area contributed by atoms with Gasteiger partial charge < -0.3 is 14.8 Å². The van der Waals surface area contributed by atoms with Gasteiger partial charge in [0.15, 0.2) is 0 Å². The SMILES string of the molecule is CCCNC(CCOC)CC1CCOc2ccccc21. The van der Waals surface area contributed by atoms with Gasteiger partial charge in [-0.3, -0.25) is 0 Å². The lowest BCUT2D eigenvalue weighted by Gasteiger charge is -2.29. The number of rotatable bonds is 8. The van der Waals surface area contributed by atoms with Crippen LogP contribution in [0.3, 0.4) is 0 Å². The number of ether oxygens (including phenoxy) is 2. The van der Waals surface area contributed by atoms with E-state index in [1.165, 1.54) is 18.4 Å². The Labute approximate surface area is 122 Å². The molecule has 112 valence electrons. The van der Waals surface area contributed by atoms with Crippen LogP contribution in [-0.4, -0.2) is 32.9 Å². The molecule has 1 aromatic rings. The van der Waals surface area contributed by atoms with Crippen molar-refractivity contribution in [3.05, 3.63) is 29.8 Å². The van der Waals surface area contributed by atoms with Gasteiger partial charge in [-0.05, 0) is 49.8 Å². The molecule has 3 nitrogen and oxygen atoms in total. The minimum Gasteiger partial charge on any atom is -0.493 e. The average molecular weight is 277 g/mol. The topological polar surface area (TPSA) is 30.5 Å². The van der Waals surface area contributed by atoms with Crippen molar-refractivity contribution in [3.63, 3.8) is 0 Å². The van der Waals surface area contributed by atoms with Crippen LogP contribution in [-0.2, 0) is 4.74 Å². The van der Waals surface area contributed by atoms with Crippen LogP contribution in [0.15, 0.2) is 24.3 Å². The van der Waals surface area contributed by atoms with Crippen LogP contribution >= 0.6 is 0 Å². The number of fused-ring (bicyclic) bond motifs is 1. The Morgan fingerprint density at radius 1 is 1.40 bits per heavy atom. The molecule has 0 aromatic heterocycles. The average Bonchev–Trinajstić information content (AvgIpc) is 2.50. The second-order valence-electron chi connectivity index (χ2n) is 5.54. The molecule has 2 rings (SSSR count). The zero-order valence-corrected chi connectivity index (χ0v) is 12.7. The number of methoxy groups -OCH3 is 1. The number of nitrogens with one attached hydrogen (secondary N) is 1. The Morgan fingerprint density at radius 2 is 2.25 bits per heavy atom. The predicted octanol–water partition coefficient (Wildman–Crippen LogP) is 3.35. The van der Waals surface area contributed by atoms with E-state index in [1.807, 2.05) is 0 Å². The molecule has 2 unspecified atom stereocenters. The summed E-state index contributed by atoms with van der Waals surface area (Å²) in [5, 5.41) is 3.66. The molecule has 3 heteroatoms. The fourth-order valence-corrected chi connectivity index (χ4v) is 2.92. The highest BCUT2D eigenvalue weighted by Crippen LogP contribution is 2.36. The normalized spacial score (nSPS) is 19.2. The van der Waals surface area contributed by atoms with E-state index in [4.69, 9.17) is 9.47 Å². The van der Waals surface area contributed by atoms with Crippen molar-refractivity contribution in [2.24, 2.45) is 0 Å². The van der Waals surface area contributed by atoms with Crippen LogP contribution in [0.1, 0.15) is 44.1 Å². The quantitative estimate of drug-likeness (QED) is 0.790. The highest BCUT2D eigenvalue weighted by atomic mass is 16.5. The maximum atomic E-state index is 5.75. The maximum absolute atomic E-state index is 5.75. The molecule has 0 aliphatic carbocycles. The Hall–Kier alpha value is -1.06. The summed E-state index contributed by atoms with van der Waals surface area (Å²) in [6.07, 6.45) is 4.54. The van der Waals surface area contributed by atoms with Gasteiger partial charge in [0.1, 0.15) is 5.75 Å². The zero-order valence-electron chi connectivity index (χ0n) is 12.7. The van der Waals surface area contributed by atoms with Crippen LogP contribution in [0.4, 0.5) is 0 Å². The first-order chi connectivity index (χ1) is 9.85. The van der Waals surface area contributed by atoms with Gasteiger partial charge in [-0.25, -0.2) is 0 Å². The molecular formula is C17H27NO2. The van der Waals surface area contributed by atoms with Crippen molar-refractivity contribution < 1.29 is 9.47 Å². The third-order valence-electron chi connectivity index (χ3n) is 4.01. The highest BCUT2D eigenvalue weighted by Gasteiger charge is 2.23. The van der Waals surface area contributed by atoms with Crippen molar-refractivity contribution in [2.75, 3.05) is 26.9 Å². The molecule has 0 saturated carbocycles. The number of hydrogen-bond acceptors (Lipinski definition) is 3. The monoisotopic (exact) mass is 277 g/mol. The Morgan fingerprint density at radius 3 is 3.05 bits per heavy atom. The maximum Gasteiger partial charge on any atom is 0.122 e. The first kappa shape index (κ1) is 15.3. The van der Waals surface area contributed by atoms with Crippen LogP contribution < -0.4 is 10.1 Å². The molecule has 20 heavy (non-hydrogen) atoms. The third-order valence-corrected chi connectivity index (χ3v) is 4.01. The second kappa shape index (κ2) is 8.28. The Bertz CT molecular complexity index is 386. The second-order valence-corrected chi connectivity index (χ2v) is 5.54. The standard InChI is InChI=1S/C17H27NO2/c1-3-10-18-15(9-11-19-2)13-14-8-12-20-17-7-5-4-6-16(14)17/h4-7,14-15,18H,3,8-13H2,1-2H3. The summed E-state index contributed by atoms with van der Waals surface area (Å²) < 4.78 is 11.0. The first-order valence-electron chi connectivity index (χ1n) is 7.79. The molecule has 0 amide bonds. The van der Waals surface area contributed by atoms with E-state index in [9.17, 15) is 0 Å².